The topological polar surface area (TPSA) is 43.1 Å². The van der Waals surface area contributed by atoms with Gasteiger partial charge >= 0.3 is 0 Å². The Labute approximate surface area is 112 Å². The van der Waals surface area contributed by atoms with Crippen LogP contribution in [-0.4, -0.2) is 12.1 Å². The van der Waals surface area contributed by atoms with Crippen molar-refractivity contribution in [2.45, 2.75) is 12.5 Å². The fourth-order valence-electron chi connectivity index (χ4n) is 2.27. The quantitative estimate of drug-likeness (QED) is 0.835. The van der Waals surface area contributed by atoms with E-state index in [1.165, 1.54) is 0 Å². The Morgan fingerprint density at radius 3 is 2.63 bits per heavy atom. The second-order valence-electron chi connectivity index (χ2n) is 4.58. The Morgan fingerprint density at radius 2 is 1.79 bits per heavy atom. The number of fused-ring (bicyclic) bond motifs is 1. The van der Waals surface area contributed by atoms with Crippen LogP contribution in [0.15, 0.2) is 54.6 Å². The molecule has 0 saturated carbocycles. The van der Waals surface area contributed by atoms with Crippen molar-refractivity contribution in [2.75, 3.05) is 0 Å². The van der Waals surface area contributed by atoms with Crippen LogP contribution in [-0.2, 0) is 11.3 Å². The largest absolute Gasteiger partial charge is 0.351 e. The highest BCUT2D eigenvalue weighted by molar-refractivity contribution is 6.00. The molecule has 1 amide bonds. The minimum atomic E-state index is -0.208. The van der Waals surface area contributed by atoms with Crippen LogP contribution in [0.3, 0.4) is 0 Å². The van der Waals surface area contributed by atoms with Gasteiger partial charge in [0.2, 0.25) is 11.6 Å². The third-order valence-electron chi connectivity index (χ3n) is 3.29. The molecular weight excluding hydrogens is 236 g/mol. The van der Waals surface area contributed by atoms with Crippen molar-refractivity contribution in [3.8, 4) is 0 Å². The minimum Gasteiger partial charge on any atom is -0.351 e. The Bertz CT molecular complexity index is 620. The van der Waals surface area contributed by atoms with Crippen molar-refractivity contribution in [1.29, 1.82) is 0 Å². The van der Waals surface area contributed by atoms with Crippen LogP contribution >= 0.6 is 0 Å². The average Bonchev–Trinajstić information content (AvgIpc) is 2.90. The van der Waals surface area contributed by atoms with Crippen molar-refractivity contribution in [2.24, 2.45) is 0 Å². The van der Waals surface area contributed by atoms with Crippen molar-refractivity contribution >= 4 is 17.8 Å². The van der Waals surface area contributed by atoms with E-state index in [0.717, 1.165) is 16.8 Å². The first-order chi connectivity index (χ1) is 9.34. The maximum Gasteiger partial charge on any atom is 0.238 e. The number of para-hydroxylation sites is 1. The van der Waals surface area contributed by atoms with Gasteiger partial charge in [-0.1, -0.05) is 48.5 Å². The van der Waals surface area contributed by atoms with Crippen molar-refractivity contribution in [3.63, 3.8) is 0 Å². The molecule has 3 heteroatoms. The van der Waals surface area contributed by atoms with Gasteiger partial charge < -0.3 is 5.32 Å². The Hall–Kier alpha value is -2.42. The normalized spacial score (nSPS) is 16.1. The van der Waals surface area contributed by atoms with Crippen LogP contribution in [0.1, 0.15) is 17.0 Å². The van der Waals surface area contributed by atoms with Gasteiger partial charge in [-0.25, -0.2) is 4.99 Å². The van der Waals surface area contributed by atoms with Crippen molar-refractivity contribution in [1.82, 2.24) is 5.32 Å². The highest BCUT2D eigenvalue weighted by atomic mass is 16.1. The smallest absolute Gasteiger partial charge is 0.238 e. The molecule has 1 heterocycles. The molecule has 0 radical (unpaired) electrons. The van der Waals surface area contributed by atoms with Gasteiger partial charge in [0.15, 0.2) is 6.21 Å². The molecule has 19 heavy (non-hydrogen) atoms. The zero-order valence-electron chi connectivity index (χ0n) is 10.5. The maximum absolute atomic E-state index is 12.2. The third-order valence-corrected chi connectivity index (χ3v) is 3.29. The van der Waals surface area contributed by atoms with Crippen LogP contribution in [0.5, 0.6) is 0 Å². The first-order valence-corrected chi connectivity index (χ1v) is 6.35. The summed E-state index contributed by atoms with van der Waals surface area (Å²) in [4.78, 5) is 15.3. The molecule has 3 rings (SSSR count). The van der Waals surface area contributed by atoms with E-state index in [1.54, 1.807) is 0 Å². The number of carbonyl (C=O) groups is 1. The number of amides is 1. The summed E-state index contributed by atoms with van der Waals surface area (Å²) in [6.45, 7) is 0.562. The molecular formula is C16H15N2O+. The summed E-state index contributed by atoms with van der Waals surface area (Å²) in [5.74, 6) is -0.179. The second-order valence-corrected chi connectivity index (χ2v) is 4.58. The minimum absolute atomic E-state index is 0.0290. The standard InChI is InChI=1S/C16H14N2O/c19-16(18-10-12-6-2-1-3-7-12)14-11-17-15-9-5-4-8-13(14)15/h1-9,11,14H,10H2,(H,18,19)/p+1. The molecule has 2 aromatic rings. The number of hydrogen-bond acceptors (Lipinski definition) is 1. The van der Waals surface area contributed by atoms with Gasteiger partial charge in [0.1, 0.15) is 5.92 Å². The maximum atomic E-state index is 12.2. The van der Waals surface area contributed by atoms with Crippen LogP contribution in [0, 0.1) is 0 Å². The molecule has 1 aliphatic heterocycles. The van der Waals surface area contributed by atoms with Gasteiger partial charge in [-0.3, -0.25) is 4.79 Å². The molecule has 0 spiro atoms. The zero-order chi connectivity index (χ0) is 13.1. The van der Waals surface area contributed by atoms with E-state index in [2.05, 4.69) is 10.3 Å². The molecule has 2 aromatic carbocycles. The van der Waals surface area contributed by atoms with E-state index >= 15 is 0 Å². The molecule has 94 valence electrons. The van der Waals surface area contributed by atoms with E-state index in [4.69, 9.17) is 0 Å². The molecule has 2 N–H and O–H groups in total. The molecule has 1 aliphatic rings. The van der Waals surface area contributed by atoms with E-state index < -0.39 is 0 Å². The summed E-state index contributed by atoms with van der Waals surface area (Å²) in [6.07, 6.45) is 1.84. The summed E-state index contributed by atoms with van der Waals surface area (Å²) in [5.41, 5.74) is 3.16. The lowest BCUT2D eigenvalue weighted by molar-refractivity contribution is -0.344. The Morgan fingerprint density at radius 1 is 1.05 bits per heavy atom. The lowest BCUT2D eigenvalue weighted by Gasteiger charge is -2.08. The SMILES string of the molecule is O=C(NCc1ccccc1)C1C=[NH+]c2ccccc21. The summed E-state index contributed by atoms with van der Waals surface area (Å²) in [7, 11) is 0. The van der Waals surface area contributed by atoms with E-state index in [1.807, 2.05) is 60.8 Å². The predicted molar refractivity (Wildman–Crippen MR) is 74.2 cm³/mol. The summed E-state index contributed by atoms with van der Waals surface area (Å²) in [5, 5.41) is 2.97. The number of carbonyl (C=O) groups excluding carboxylic acids is 1. The average molecular weight is 251 g/mol. The molecule has 0 saturated heterocycles. The monoisotopic (exact) mass is 251 g/mol. The van der Waals surface area contributed by atoms with E-state index in [0.29, 0.717) is 6.54 Å². The summed E-state index contributed by atoms with van der Waals surface area (Å²) in [6, 6.07) is 17.8. The number of nitrogens with one attached hydrogen (secondary N) is 2. The van der Waals surface area contributed by atoms with Gasteiger partial charge in [0.25, 0.3) is 0 Å². The summed E-state index contributed by atoms with van der Waals surface area (Å²) >= 11 is 0. The number of benzene rings is 2. The van der Waals surface area contributed by atoms with Crippen LogP contribution in [0.4, 0.5) is 5.69 Å². The lowest BCUT2D eigenvalue weighted by atomic mass is 10.0. The van der Waals surface area contributed by atoms with Gasteiger partial charge in [-0.15, -0.1) is 0 Å². The molecule has 0 bridgehead atoms. The Balaban J connectivity index is 1.68. The fraction of sp³-hybridized carbons (Fsp3) is 0.125. The predicted octanol–water partition coefficient (Wildman–Crippen LogP) is 0.883. The van der Waals surface area contributed by atoms with Gasteiger partial charge in [-0.2, -0.15) is 0 Å². The van der Waals surface area contributed by atoms with Crippen molar-refractivity contribution < 1.29 is 9.79 Å². The first-order valence-electron chi connectivity index (χ1n) is 6.35. The van der Waals surface area contributed by atoms with Gasteiger partial charge in [-0.05, 0) is 5.56 Å². The van der Waals surface area contributed by atoms with Crippen LogP contribution < -0.4 is 10.3 Å². The molecule has 1 unspecified atom stereocenters. The molecule has 0 fully saturated rings. The molecule has 3 nitrogen and oxygen atoms in total. The Kier molecular flexibility index (Phi) is 3.11. The van der Waals surface area contributed by atoms with E-state index in [-0.39, 0.29) is 11.8 Å². The third kappa shape index (κ3) is 2.40. The summed E-state index contributed by atoms with van der Waals surface area (Å²) < 4.78 is 0. The van der Waals surface area contributed by atoms with E-state index in [9.17, 15) is 4.79 Å². The zero-order valence-corrected chi connectivity index (χ0v) is 10.5. The fourth-order valence-corrected chi connectivity index (χ4v) is 2.27. The molecule has 0 aliphatic carbocycles. The highest BCUT2D eigenvalue weighted by Crippen LogP contribution is 2.22. The van der Waals surface area contributed by atoms with Crippen molar-refractivity contribution in [3.05, 3.63) is 65.7 Å². The number of hydrogen-bond donors (Lipinski definition) is 2. The second kappa shape index (κ2) is 5.06. The number of rotatable bonds is 3. The van der Waals surface area contributed by atoms with Crippen LogP contribution in [0.25, 0.3) is 0 Å². The first kappa shape index (κ1) is 11.7. The molecule has 0 aromatic heterocycles. The van der Waals surface area contributed by atoms with Gasteiger partial charge in [0.05, 0.1) is 0 Å². The van der Waals surface area contributed by atoms with Crippen LogP contribution in [0.2, 0.25) is 0 Å². The van der Waals surface area contributed by atoms with Gasteiger partial charge in [0, 0.05) is 18.2 Å². The highest BCUT2D eigenvalue weighted by Gasteiger charge is 2.30. The lowest BCUT2D eigenvalue weighted by Crippen LogP contribution is -2.59. The molecule has 1 atom stereocenters.